The van der Waals surface area contributed by atoms with Crippen LogP contribution >= 0.6 is 7.67 Å². The number of aromatic nitrogens is 3. The second-order valence-corrected chi connectivity index (χ2v) is 11.9. The van der Waals surface area contributed by atoms with E-state index in [-0.39, 0.29) is 24.0 Å². The number of aliphatic hydroxyl groups excluding tert-OH is 2. The second-order valence-electron chi connectivity index (χ2n) is 10.1. The average molecular weight is 602 g/mol. The van der Waals surface area contributed by atoms with Gasteiger partial charge in [-0.25, -0.2) is 19.2 Å². The van der Waals surface area contributed by atoms with Crippen molar-refractivity contribution in [1.82, 2.24) is 19.7 Å². The summed E-state index contributed by atoms with van der Waals surface area (Å²) in [7, 11) is -4.07. The fourth-order valence-electron chi connectivity index (χ4n) is 4.67. The van der Waals surface area contributed by atoms with E-state index in [4.69, 9.17) is 19.7 Å². The molecule has 226 valence electrons. The lowest BCUT2D eigenvalue weighted by Crippen LogP contribution is -2.41. The lowest BCUT2D eigenvalue weighted by molar-refractivity contribution is -0.146. The molecule has 1 unspecified atom stereocenters. The zero-order valence-electron chi connectivity index (χ0n) is 23.6. The SMILES string of the molecule is CCC(CC)COC(=O)[C@H](C)NP(=O)(Nc1ccccc1)OC[C@H]1O[C@@](C#N)(c2ccc3c(N)ncnn23)[C@H](O)[C@@H]1O. The standard InChI is InChI=1S/C27H36N7O7P/c1-4-18(5-2)13-39-26(37)17(3)32-42(38,33-19-9-7-6-8-10-19)40-14-21-23(35)24(36)27(15-28,41-21)22-12-11-20-25(29)30-16-31-34(20)22/h6-12,16-18,21,23-24,35-36H,4-5,13-14H2,1-3H3,(H2,29,30,31)(H2,32,33,38)/t17-,21+,23+,24+,27-,42?/m0/s1. The molecule has 0 spiro atoms. The number of benzene rings is 1. The van der Waals surface area contributed by atoms with Gasteiger partial charge in [-0.3, -0.25) is 9.32 Å². The van der Waals surface area contributed by atoms with Gasteiger partial charge in [-0.05, 0) is 37.1 Å². The minimum absolute atomic E-state index is 0.112. The first-order chi connectivity index (χ1) is 20.1. The van der Waals surface area contributed by atoms with Gasteiger partial charge in [0.2, 0.25) is 5.60 Å². The number of nitriles is 1. The van der Waals surface area contributed by atoms with Gasteiger partial charge in [0, 0.05) is 5.69 Å². The Morgan fingerprint density at radius 1 is 1.26 bits per heavy atom. The quantitative estimate of drug-likeness (QED) is 0.141. The van der Waals surface area contributed by atoms with Crippen LogP contribution in [0.15, 0.2) is 48.8 Å². The number of fused-ring (bicyclic) bond motifs is 1. The highest BCUT2D eigenvalue weighted by Crippen LogP contribution is 2.46. The number of ether oxygens (including phenoxy) is 2. The number of para-hydroxylation sites is 1. The molecule has 0 amide bonds. The Labute approximate surface area is 243 Å². The van der Waals surface area contributed by atoms with E-state index in [1.807, 2.05) is 19.9 Å². The van der Waals surface area contributed by atoms with Crippen molar-refractivity contribution in [1.29, 1.82) is 5.26 Å². The highest BCUT2D eigenvalue weighted by molar-refractivity contribution is 7.58. The van der Waals surface area contributed by atoms with Crippen LogP contribution in [0.2, 0.25) is 0 Å². The van der Waals surface area contributed by atoms with E-state index in [1.165, 1.54) is 23.8 Å². The number of nitrogens with one attached hydrogen (secondary N) is 2. The molecule has 2 aromatic heterocycles. The maximum Gasteiger partial charge on any atom is 0.366 e. The first-order valence-electron chi connectivity index (χ1n) is 13.6. The lowest BCUT2D eigenvalue weighted by Gasteiger charge is -2.26. The van der Waals surface area contributed by atoms with Crippen LogP contribution in [0.4, 0.5) is 11.5 Å². The van der Waals surface area contributed by atoms with Crippen molar-refractivity contribution in [2.75, 3.05) is 24.0 Å². The van der Waals surface area contributed by atoms with Gasteiger partial charge in [-0.15, -0.1) is 0 Å². The van der Waals surface area contributed by atoms with E-state index in [1.54, 1.807) is 36.4 Å². The molecule has 0 radical (unpaired) electrons. The Hall–Kier alpha value is -3.57. The highest BCUT2D eigenvalue weighted by atomic mass is 31.2. The Bertz CT molecular complexity index is 1460. The molecule has 3 heterocycles. The minimum Gasteiger partial charge on any atom is -0.464 e. The number of nitrogens with zero attached hydrogens (tertiary/aromatic N) is 4. The summed E-state index contributed by atoms with van der Waals surface area (Å²) in [6.45, 7) is 5.22. The van der Waals surface area contributed by atoms with Crippen LogP contribution in [0, 0.1) is 17.2 Å². The van der Waals surface area contributed by atoms with Crippen LogP contribution in [0.25, 0.3) is 5.52 Å². The number of hydrogen-bond donors (Lipinski definition) is 5. The maximum atomic E-state index is 14.0. The van der Waals surface area contributed by atoms with Crippen LogP contribution in [0.3, 0.4) is 0 Å². The molecule has 1 aliphatic heterocycles. The zero-order valence-corrected chi connectivity index (χ0v) is 24.5. The maximum absolute atomic E-state index is 14.0. The molecule has 6 atom stereocenters. The van der Waals surface area contributed by atoms with Crippen molar-refractivity contribution in [3.8, 4) is 6.07 Å². The molecule has 14 nitrogen and oxygen atoms in total. The number of hydrogen-bond acceptors (Lipinski definition) is 11. The largest absolute Gasteiger partial charge is 0.464 e. The molecular formula is C27H36N7O7P. The fourth-order valence-corrected chi connectivity index (χ4v) is 6.33. The summed E-state index contributed by atoms with van der Waals surface area (Å²) < 4.78 is 32.4. The van der Waals surface area contributed by atoms with Crippen molar-refractivity contribution >= 4 is 30.7 Å². The summed E-state index contributed by atoms with van der Waals surface area (Å²) >= 11 is 0. The van der Waals surface area contributed by atoms with Gasteiger partial charge in [-0.2, -0.15) is 10.4 Å². The predicted molar refractivity (Wildman–Crippen MR) is 153 cm³/mol. The zero-order chi connectivity index (χ0) is 30.5. The topological polar surface area (TPSA) is 206 Å². The molecule has 15 heteroatoms. The Balaban J connectivity index is 1.53. The number of esters is 1. The Kier molecular flexibility index (Phi) is 9.83. The molecule has 42 heavy (non-hydrogen) atoms. The van der Waals surface area contributed by atoms with Crippen LogP contribution in [0.1, 0.15) is 39.3 Å². The summed E-state index contributed by atoms with van der Waals surface area (Å²) in [5.74, 6) is -0.262. The third-order valence-corrected chi connectivity index (χ3v) is 9.08. The molecule has 0 bridgehead atoms. The Morgan fingerprint density at radius 3 is 2.64 bits per heavy atom. The molecule has 0 saturated carbocycles. The van der Waals surface area contributed by atoms with Crippen LogP contribution in [0.5, 0.6) is 0 Å². The summed E-state index contributed by atoms with van der Waals surface area (Å²) in [4.78, 5) is 16.6. The van der Waals surface area contributed by atoms with Gasteiger partial charge < -0.3 is 30.5 Å². The molecule has 1 saturated heterocycles. The minimum atomic E-state index is -4.07. The van der Waals surface area contributed by atoms with Crippen molar-refractivity contribution < 1.29 is 33.6 Å². The fraction of sp³-hybridized carbons (Fsp3) is 0.481. The number of aliphatic hydroxyl groups is 2. The number of carbonyl (C=O) groups is 1. The van der Waals surface area contributed by atoms with Crippen LogP contribution in [-0.2, 0) is 29.0 Å². The van der Waals surface area contributed by atoms with E-state index < -0.39 is 50.2 Å². The molecule has 0 aliphatic carbocycles. The van der Waals surface area contributed by atoms with Crippen LogP contribution in [-0.4, -0.2) is 68.3 Å². The molecule has 1 aliphatic rings. The van der Waals surface area contributed by atoms with E-state index in [0.29, 0.717) is 11.2 Å². The monoisotopic (exact) mass is 601 g/mol. The van der Waals surface area contributed by atoms with Gasteiger partial charge in [-0.1, -0.05) is 44.9 Å². The number of nitrogen functional groups attached to an aromatic ring is 1. The Morgan fingerprint density at radius 2 is 1.98 bits per heavy atom. The van der Waals surface area contributed by atoms with E-state index in [2.05, 4.69) is 20.3 Å². The number of rotatable bonds is 13. The normalized spacial score (nSPS) is 24.3. The van der Waals surface area contributed by atoms with Gasteiger partial charge in [0.05, 0.1) is 18.9 Å². The van der Waals surface area contributed by atoms with Crippen molar-refractivity contribution in [2.45, 2.75) is 63.6 Å². The highest BCUT2D eigenvalue weighted by Gasteiger charge is 2.58. The first kappa shape index (κ1) is 31.4. The van der Waals surface area contributed by atoms with Gasteiger partial charge in [0.15, 0.2) is 5.82 Å². The number of carbonyl (C=O) groups excluding carboxylic acids is 1. The molecule has 6 N–H and O–H groups in total. The lowest BCUT2D eigenvalue weighted by atomic mass is 9.92. The second kappa shape index (κ2) is 13.2. The molecule has 3 aromatic rings. The molecule has 1 aromatic carbocycles. The van der Waals surface area contributed by atoms with Gasteiger partial charge >= 0.3 is 13.6 Å². The molecular weight excluding hydrogens is 565 g/mol. The third kappa shape index (κ3) is 6.42. The molecule has 4 rings (SSSR count). The summed E-state index contributed by atoms with van der Waals surface area (Å²) in [5.41, 5.74) is 4.76. The van der Waals surface area contributed by atoms with Crippen molar-refractivity contribution in [3.63, 3.8) is 0 Å². The first-order valence-corrected chi connectivity index (χ1v) is 15.3. The smallest absolute Gasteiger partial charge is 0.366 e. The summed E-state index contributed by atoms with van der Waals surface area (Å²) in [5, 5.41) is 41.6. The van der Waals surface area contributed by atoms with E-state index >= 15 is 0 Å². The summed E-state index contributed by atoms with van der Waals surface area (Å²) in [6, 6.07) is 12.5. The molecule has 1 fully saturated rings. The van der Waals surface area contributed by atoms with E-state index in [9.17, 15) is 24.8 Å². The van der Waals surface area contributed by atoms with Gasteiger partial charge in [0.25, 0.3) is 0 Å². The van der Waals surface area contributed by atoms with Crippen molar-refractivity contribution in [3.05, 3.63) is 54.5 Å². The predicted octanol–water partition coefficient (Wildman–Crippen LogP) is 2.35. The third-order valence-electron chi connectivity index (χ3n) is 7.29. The van der Waals surface area contributed by atoms with E-state index in [0.717, 1.165) is 12.8 Å². The van der Waals surface area contributed by atoms with Gasteiger partial charge in [0.1, 0.15) is 42.3 Å². The van der Waals surface area contributed by atoms with Crippen LogP contribution < -0.4 is 15.9 Å². The number of nitrogens with two attached hydrogens (primary N) is 1. The number of anilines is 2. The summed E-state index contributed by atoms with van der Waals surface area (Å²) in [6.07, 6.45) is -1.75. The van der Waals surface area contributed by atoms with Crippen molar-refractivity contribution in [2.24, 2.45) is 5.92 Å². The average Bonchev–Trinajstić information content (AvgIpc) is 3.53.